The fourth-order valence-electron chi connectivity index (χ4n) is 1.96. The van der Waals surface area contributed by atoms with Crippen LogP contribution in [-0.4, -0.2) is 55.1 Å². The molecule has 1 aliphatic heterocycles. The third kappa shape index (κ3) is 5.47. The van der Waals surface area contributed by atoms with Gasteiger partial charge in [-0.2, -0.15) is 5.26 Å². The number of carbonyl (C=O) groups excluding carboxylic acids is 1. The van der Waals surface area contributed by atoms with Gasteiger partial charge in [0.05, 0.1) is 18.9 Å². The number of ether oxygens (including phenoxy) is 2. The number of morpholine rings is 1. The average Bonchev–Trinajstić information content (AvgIpc) is 2.61. The summed E-state index contributed by atoms with van der Waals surface area (Å²) in [4.78, 5) is 18.0. The molecule has 23 heavy (non-hydrogen) atoms. The summed E-state index contributed by atoms with van der Waals surface area (Å²) in [6.07, 6.45) is 3.67. The Balaban J connectivity index is 1.87. The van der Waals surface area contributed by atoms with Gasteiger partial charge in [0.25, 0.3) is 5.91 Å². The minimum atomic E-state index is -0.0433. The van der Waals surface area contributed by atoms with Crippen LogP contribution in [0.2, 0.25) is 0 Å². The van der Waals surface area contributed by atoms with E-state index in [1.807, 2.05) is 12.4 Å². The van der Waals surface area contributed by atoms with E-state index in [4.69, 9.17) is 14.7 Å². The third-order valence-electron chi connectivity index (χ3n) is 3.15. The standard InChI is InChI=1S/C15H18N4O3S/c1-23-15(17-11-16)18-12-2-4-13(5-3-12)22-10-14(20)19-6-8-21-9-7-19/h2-5H,6-10H2,1H3,(H,17,18). The number of nitrogens with one attached hydrogen (secondary N) is 1. The average molecular weight is 334 g/mol. The number of amides is 1. The molecule has 0 bridgehead atoms. The van der Waals surface area contributed by atoms with Crippen LogP contribution in [0.3, 0.4) is 0 Å². The van der Waals surface area contributed by atoms with Gasteiger partial charge in [-0.15, -0.1) is 0 Å². The fraction of sp³-hybridized carbons (Fsp3) is 0.400. The van der Waals surface area contributed by atoms with Gasteiger partial charge in [-0.25, -0.2) is 4.99 Å². The van der Waals surface area contributed by atoms with E-state index >= 15 is 0 Å². The number of nitriles is 1. The Kier molecular flexibility index (Phi) is 6.72. The lowest BCUT2D eigenvalue weighted by atomic mass is 10.3. The summed E-state index contributed by atoms with van der Waals surface area (Å²) in [5, 5.41) is 11.6. The molecule has 8 heteroatoms. The van der Waals surface area contributed by atoms with Gasteiger partial charge in [0, 0.05) is 13.1 Å². The van der Waals surface area contributed by atoms with Crippen molar-refractivity contribution in [3.63, 3.8) is 0 Å². The molecular weight excluding hydrogens is 316 g/mol. The first-order chi connectivity index (χ1) is 11.2. The molecule has 1 aromatic carbocycles. The zero-order chi connectivity index (χ0) is 16.5. The zero-order valence-electron chi connectivity index (χ0n) is 12.8. The number of benzene rings is 1. The lowest BCUT2D eigenvalue weighted by Crippen LogP contribution is -2.42. The quantitative estimate of drug-likeness (QED) is 0.387. The molecule has 1 saturated heterocycles. The topological polar surface area (TPSA) is 86.9 Å². The number of hydrogen-bond acceptors (Lipinski definition) is 6. The van der Waals surface area contributed by atoms with E-state index < -0.39 is 0 Å². The summed E-state index contributed by atoms with van der Waals surface area (Å²) in [7, 11) is 0. The van der Waals surface area contributed by atoms with Crippen LogP contribution in [0.4, 0.5) is 5.69 Å². The predicted octanol–water partition coefficient (Wildman–Crippen LogP) is 1.35. The highest BCUT2D eigenvalue weighted by Crippen LogP contribution is 2.19. The number of amidine groups is 1. The fourth-order valence-corrected chi connectivity index (χ4v) is 2.30. The van der Waals surface area contributed by atoms with Crippen LogP contribution in [0.5, 0.6) is 5.75 Å². The van der Waals surface area contributed by atoms with Crippen molar-refractivity contribution in [3.8, 4) is 11.9 Å². The van der Waals surface area contributed by atoms with Gasteiger partial charge in [-0.05, 0) is 30.5 Å². The Morgan fingerprint density at radius 3 is 2.74 bits per heavy atom. The molecule has 2 rings (SSSR count). The number of hydrogen-bond donors (Lipinski definition) is 1. The van der Waals surface area contributed by atoms with Crippen molar-refractivity contribution in [2.75, 3.05) is 39.2 Å². The minimum Gasteiger partial charge on any atom is -0.484 e. The van der Waals surface area contributed by atoms with Crippen molar-refractivity contribution >= 4 is 28.5 Å². The Morgan fingerprint density at radius 1 is 1.43 bits per heavy atom. The predicted molar refractivity (Wildman–Crippen MR) is 88.7 cm³/mol. The molecule has 0 atom stereocenters. The molecule has 1 amide bonds. The van der Waals surface area contributed by atoms with E-state index in [0.717, 1.165) is 0 Å². The van der Waals surface area contributed by atoms with Gasteiger partial charge in [-0.3, -0.25) is 10.1 Å². The number of aliphatic imine (C=N–C) groups is 1. The molecule has 1 aromatic rings. The number of thioether (sulfide) groups is 1. The second-order valence-electron chi connectivity index (χ2n) is 4.63. The highest BCUT2D eigenvalue weighted by atomic mass is 32.2. The van der Waals surface area contributed by atoms with E-state index in [9.17, 15) is 4.79 Å². The van der Waals surface area contributed by atoms with Gasteiger partial charge in [0.15, 0.2) is 18.0 Å². The molecule has 1 fully saturated rings. The van der Waals surface area contributed by atoms with E-state index in [1.54, 1.807) is 29.2 Å². The number of carbonyl (C=O) groups is 1. The normalized spacial score (nSPS) is 15.0. The molecule has 1 aliphatic rings. The van der Waals surface area contributed by atoms with E-state index in [0.29, 0.717) is 42.9 Å². The Hall–Kier alpha value is -2.24. The SMILES string of the molecule is CSC(=Nc1ccc(OCC(=O)N2CCOCC2)cc1)NC#N. The summed E-state index contributed by atoms with van der Waals surface area (Å²) < 4.78 is 10.7. The van der Waals surface area contributed by atoms with Crippen molar-refractivity contribution in [1.82, 2.24) is 10.2 Å². The third-order valence-corrected chi connectivity index (χ3v) is 3.73. The summed E-state index contributed by atoms with van der Waals surface area (Å²) in [5.41, 5.74) is 0.698. The Labute approximate surface area is 139 Å². The molecule has 0 spiro atoms. The van der Waals surface area contributed by atoms with Crippen molar-refractivity contribution in [1.29, 1.82) is 5.26 Å². The second kappa shape index (κ2) is 9.02. The molecule has 7 nitrogen and oxygen atoms in total. The molecule has 1 heterocycles. The maximum atomic E-state index is 12.0. The van der Waals surface area contributed by atoms with Gasteiger partial charge in [-0.1, -0.05) is 11.8 Å². The van der Waals surface area contributed by atoms with Crippen molar-refractivity contribution in [2.24, 2.45) is 4.99 Å². The summed E-state index contributed by atoms with van der Waals surface area (Å²) in [5.74, 6) is 0.558. The first-order valence-electron chi connectivity index (χ1n) is 7.09. The number of rotatable bonds is 4. The zero-order valence-corrected chi connectivity index (χ0v) is 13.6. The van der Waals surface area contributed by atoms with Gasteiger partial charge in [0.1, 0.15) is 5.75 Å². The van der Waals surface area contributed by atoms with Gasteiger partial charge < -0.3 is 14.4 Å². The summed E-state index contributed by atoms with van der Waals surface area (Å²) >= 11 is 1.35. The van der Waals surface area contributed by atoms with Crippen molar-refractivity contribution < 1.29 is 14.3 Å². The first-order valence-corrected chi connectivity index (χ1v) is 8.31. The van der Waals surface area contributed by atoms with Crippen LogP contribution >= 0.6 is 11.8 Å². The molecule has 122 valence electrons. The van der Waals surface area contributed by atoms with Crippen LogP contribution in [-0.2, 0) is 9.53 Å². The van der Waals surface area contributed by atoms with E-state index in [-0.39, 0.29) is 12.5 Å². The van der Waals surface area contributed by atoms with Crippen LogP contribution in [0.15, 0.2) is 29.3 Å². The van der Waals surface area contributed by atoms with Crippen LogP contribution in [0.1, 0.15) is 0 Å². The molecule has 0 saturated carbocycles. The maximum Gasteiger partial charge on any atom is 0.260 e. The van der Waals surface area contributed by atoms with E-state index in [1.165, 1.54) is 11.8 Å². The molecular formula is C15H18N4O3S. The molecule has 0 radical (unpaired) electrons. The van der Waals surface area contributed by atoms with Gasteiger partial charge in [0.2, 0.25) is 0 Å². The minimum absolute atomic E-state index is 0.00860. The van der Waals surface area contributed by atoms with Crippen molar-refractivity contribution in [2.45, 2.75) is 0 Å². The second-order valence-corrected chi connectivity index (χ2v) is 5.43. The highest BCUT2D eigenvalue weighted by Gasteiger charge is 2.16. The Morgan fingerprint density at radius 2 is 2.13 bits per heavy atom. The molecule has 0 aromatic heterocycles. The summed E-state index contributed by atoms with van der Waals surface area (Å²) in [6.45, 7) is 2.38. The van der Waals surface area contributed by atoms with E-state index in [2.05, 4.69) is 10.3 Å². The Bertz CT molecular complexity index is 592. The van der Waals surface area contributed by atoms with Crippen molar-refractivity contribution in [3.05, 3.63) is 24.3 Å². The van der Waals surface area contributed by atoms with Crippen LogP contribution < -0.4 is 10.1 Å². The smallest absolute Gasteiger partial charge is 0.260 e. The molecule has 1 N–H and O–H groups in total. The maximum absolute atomic E-state index is 12.0. The monoisotopic (exact) mass is 334 g/mol. The number of nitrogens with zero attached hydrogens (tertiary/aromatic N) is 3. The lowest BCUT2D eigenvalue weighted by Gasteiger charge is -2.26. The van der Waals surface area contributed by atoms with Gasteiger partial charge >= 0.3 is 0 Å². The molecule has 0 unspecified atom stereocenters. The highest BCUT2D eigenvalue weighted by molar-refractivity contribution is 8.13. The van der Waals surface area contributed by atoms with Crippen LogP contribution in [0, 0.1) is 11.5 Å². The largest absolute Gasteiger partial charge is 0.484 e. The first kappa shape index (κ1) is 17.1. The van der Waals surface area contributed by atoms with Crippen LogP contribution in [0.25, 0.3) is 0 Å². The summed E-state index contributed by atoms with van der Waals surface area (Å²) in [6, 6.07) is 7.03. The molecule has 0 aliphatic carbocycles. The lowest BCUT2D eigenvalue weighted by molar-refractivity contribution is -0.137.